The maximum atomic E-state index is 12.6. The van der Waals surface area contributed by atoms with Gasteiger partial charge >= 0.3 is 6.18 Å². The van der Waals surface area contributed by atoms with Gasteiger partial charge in [-0.3, -0.25) is 0 Å². The number of halogens is 4. The molecule has 0 rings (SSSR count). The normalized spacial score (nSPS) is 13.3. The van der Waals surface area contributed by atoms with Crippen LogP contribution < -0.4 is 0 Å². The number of hydrogen-bond acceptors (Lipinski definition) is 2. The Kier molecular flexibility index (Phi) is 16.8. The number of aliphatic hydroxyl groups excluding tert-OH is 1. The molecular formula is C19H36F4O2. The number of unbranched alkanes of at least 4 members (excludes halogenated alkanes) is 11. The third-order valence-electron chi connectivity index (χ3n) is 4.30. The maximum Gasteiger partial charge on any atom is 0.419 e. The van der Waals surface area contributed by atoms with Crippen LogP contribution in [0.5, 0.6) is 0 Å². The van der Waals surface area contributed by atoms with E-state index < -0.39 is 18.8 Å². The van der Waals surface area contributed by atoms with E-state index in [1.807, 2.05) is 0 Å². The van der Waals surface area contributed by atoms with E-state index in [2.05, 4.69) is 0 Å². The predicted molar refractivity (Wildman–Crippen MR) is 93.5 cm³/mol. The fourth-order valence-electron chi connectivity index (χ4n) is 2.70. The maximum absolute atomic E-state index is 12.6. The third-order valence-corrected chi connectivity index (χ3v) is 4.30. The van der Waals surface area contributed by atoms with Crippen molar-refractivity contribution in [3.8, 4) is 0 Å². The highest BCUT2D eigenvalue weighted by atomic mass is 19.4. The highest BCUT2D eigenvalue weighted by Gasteiger charge is 2.39. The smallest absolute Gasteiger partial charge is 0.396 e. The first-order valence-electron chi connectivity index (χ1n) is 9.88. The Morgan fingerprint density at radius 1 is 0.640 bits per heavy atom. The zero-order valence-electron chi connectivity index (χ0n) is 15.5. The summed E-state index contributed by atoms with van der Waals surface area (Å²) in [5.41, 5.74) is 0. The van der Waals surface area contributed by atoms with E-state index in [1.54, 1.807) is 0 Å². The minimum absolute atomic E-state index is 0.278. The van der Waals surface area contributed by atoms with Crippen molar-refractivity contribution in [3.05, 3.63) is 0 Å². The Morgan fingerprint density at radius 3 is 1.48 bits per heavy atom. The van der Waals surface area contributed by atoms with Crippen molar-refractivity contribution < 1.29 is 27.4 Å². The third kappa shape index (κ3) is 18.2. The van der Waals surface area contributed by atoms with Gasteiger partial charge in [-0.05, 0) is 25.7 Å². The fourth-order valence-corrected chi connectivity index (χ4v) is 2.70. The van der Waals surface area contributed by atoms with Gasteiger partial charge in [-0.15, -0.1) is 0 Å². The lowest BCUT2D eigenvalue weighted by Crippen LogP contribution is -2.23. The first-order valence-corrected chi connectivity index (χ1v) is 9.88. The zero-order valence-corrected chi connectivity index (χ0v) is 15.5. The molecule has 0 spiro atoms. The van der Waals surface area contributed by atoms with Crippen molar-refractivity contribution in [2.24, 2.45) is 0 Å². The Balaban J connectivity index is 3.10. The molecule has 0 aliphatic rings. The van der Waals surface area contributed by atoms with Crippen LogP contribution in [0.15, 0.2) is 0 Å². The number of rotatable bonds is 18. The molecule has 0 saturated carbocycles. The minimum Gasteiger partial charge on any atom is -0.396 e. The fraction of sp³-hybridized carbons (Fsp3) is 1.00. The van der Waals surface area contributed by atoms with Gasteiger partial charge in [0.25, 0.3) is 0 Å². The minimum atomic E-state index is -4.71. The van der Waals surface area contributed by atoms with E-state index >= 15 is 0 Å². The van der Waals surface area contributed by atoms with Crippen molar-refractivity contribution in [3.63, 3.8) is 0 Å². The average molecular weight is 372 g/mol. The molecule has 0 aliphatic carbocycles. The molecule has 2 nitrogen and oxygen atoms in total. The van der Waals surface area contributed by atoms with Crippen LogP contribution >= 0.6 is 0 Å². The van der Waals surface area contributed by atoms with Crippen molar-refractivity contribution in [2.45, 2.75) is 102 Å². The van der Waals surface area contributed by atoms with Gasteiger partial charge < -0.3 is 9.84 Å². The Labute approximate surface area is 150 Å². The molecule has 0 aliphatic heterocycles. The van der Waals surface area contributed by atoms with Crippen molar-refractivity contribution >= 4 is 0 Å². The lowest BCUT2D eigenvalue weighted by Gasteiger charge is -2.11. The molecule has 0 radical (unpaired) electrons. The molecule has 0 heterocycles. The highest BCUT2D eigenvalue weighted by molar-refractivity contribution is 4.65. The number of hydrogen-bond donors (Lipinski definition) is 1. The molecule has 1 atom stereocenters. The van der Waals surface area contributed by atoms with Crippen LogP contribution in [0.1, 0.15) is 89.9 Å². The molecule has 0 saturated heterocycles. The van der Waals surface area contributed by atoms with Crippen molar-refractivity contribution in [1.29, 1.82) is 0 Å². The monoisotopic (exact) mass is 372 g/mol. The molecule has 0 aromatic heterocycles. The average Bonchev–Trinajstić information content (AvgIpc) is 2.56. The van der Waals surface area contributed by atoms with Crippen LogP contribution in [-0.4, -0.2) is 37.3 Å². The molecule has 1 N–H and O–H groups in total. The number of aliphatic hydroxyl groups is 1. The molecule has 0 aromatic rings. The van der Waals surface area contributed by atoms with Gasteiger partial charge in [-0.2, -0.15) is 13.2 Å². The summed E-state index contributed by atoms with van der Waals surface area (Å²) >= 11 is 0. The highest BCUT2D eigenvalue weighted by Crippen LogP contribution is 2.26. The second-order valence-corrected chi connectivity index (χ2v) is 6.73. The molecule has 0 amide bonds. The van der Waals surface area contributed by atoms with Crippen LogP contribution in [0.3, 0.4) is 0 Å². The van der Waals surface area contributed by atoms with Crippen molar-refractivity contribution in [2.75, 3.05) is 19.8 Å². The number of alkyl halides is 4. The van der Waals surface area contributed by atoms with E-state index in [0.717, 1.165) is 38.7 Å². The van der Waals surface area contributed by atoms with Crippen LogP contribution in [0.4, 0.5) is 17.6 Å². The first kappa shape index (κ1) is 24.6. The van der Waals surface area contributed by atoms with E-state index in [4.69, 9.17) is 9.84 Å². The molecule has 0 aromatic carbocycles. The predicted octanol–water partition coefficient (Wildman–Crippen LogP) is 6.36. The summed E-state index contributed by atoms with van der Waals surface area (Å²) in [7, 11) is 0. The lowest BCUT2D eigenvalue weighted by atomic mass is 10.1. The van der Waals surface area contributed by atoms with E-state index in [0.29, 0.717) is 19.6 Å². The quantitative estimate of drug-likeness (QED) is 0.224. The summed E-state index contributed by atoms with van der Waals surface area (Å²) in [4.78, 5) is 0. The lowest BCUT2D eigenvalue weighted by molar-refractivity contribution is -0.182. The summed E-state index contributed by atoms with van der Waals surface area (Å²) in [5.74, 6) is 0. The summed E-state index contributed by atoms with van der Waals surface area (Å²) in [6.45, 7) is 1.69. The SMILES string of the molecule is OCCCCCCCCCCCOCCCCCCC(F)C(F)(F)F. The van der Waals surface area contributed by atoms with Crippen LogP contribution in [0.25, 0.3) is 0 Å². The van der Waals surface area contributed by atoms with Gasteiger partial charge in [0.1, 0.15) is 0 Å². The molecular weight excluding hydrogens is 336 g/mol. The van der Waals surface area contributed by atoms with E-state index in [-0.39, 0.29) is 6.42 Å². The summed E-state index contributed by atoms with van der Waals surface area (Å²) in [5, 5.41) is 8.67. The van der Waals surface area contributed by atoms with Gasteiger partial charge in [-0.1, -0.05) is 64.2 Å². The van der Waals surface area contributed by atoms with Gasteiger partial charge in [0.05, 0.1) is 0 Å². The number of ether oxygens (including phenoxy) is 1. The van der Waals surface area contributed by atoms with Crippen LogP contribution in [0, 0.1) is 0 Å². The first-order chi connectivity index (χ1) is 12.0. The van der Waals surface area contributed by atoms with Gasteiger partial charge in [0, 0.05) is 19.8 Å². The Hall–Kier alpha value is -0.360. The summed E-state index contributed by atoms with van der Waals surface area (Å²) in [6, 6.07) is 0. The van der Waals surface area contributed by atoms with Gasteiger partial charge in [0.15, 0.2) is 6.17 Å². The summed E-state index contributed by atoms with van der Waals surface area (Å²) < 4.78 is 54.0. The van der Waals surface area contributed by atoms with Crippen molar-refractivity contribution in [1.82, 2.24) is 0 Å². The molecule has 152 valence electrons. The molecule has 25 heavy (non-hydrogen) atoms. The standard InChI is InChI=1S/C19H36F4O2/c20-18(19(21,22)23)14-10-6-9-13-17-25-16-12-8-5-3-1-2-4-7-11-15-24/h18,24H,1-17H2. The van der Waals surface area contributed by atoms with Crippen LogP contribution in [0.2, 0.25) is 0 Å². The molecule has 6 heteroatoms. The second-order valence-electron chi connectivity index (χ2n) is 6.73. The molecule has 1 unspecified atom stereocenters. The van der Waals surface area contributed by atoms with E-state index in [9.17, 15) is 17.6 Å². The Bertz CT molecular complexity index is 273. The van der Waals surface area contributed by atoms with Gasteiger partial charge in [-0.25, -0.2) is 4.39 Å². The largest absolute Gasteiger partial charge is 0.419 e. The molecule has 0 fully saturated rings. The second kappa shape index (κ2) is 17.1. The van der Waals surface area contributed by atoms with Crippen LogP contribution in [-0.2, 0) is 4.74 Å². The topological polar surface area (TPSA) is 29.5 Å². The summed E-state index contributed by atoms with van der Waals surface area (Å²) in [6.07, 6.45) is 5.21. The van der Waals surface area contributed by atoms with Gasteiger partial charge in [0.2, 0.25) is 0 Å². The van der Waals surface area contributed by atoms with E-state index in [1.165, 1.54) is 38.5 Å². The zero-order chi connectivity index (χ0) is 18.8. The Morgan fingerprint density at radius 2 is 1.04 bits per heavy atom. The molecule has 0 bridgehead atoms.